The largest absolute Gasteiger partial charge is 0.350 e. The van der Waals surface area contributed by atoms with Crippen LogP contribution in [0.15, 0.2) is 103 Å². The Morgan fingerprint density at radius 3 is 2.18 bits per heavy atom. The SMILES string of the molecule is NC[C@@H]1N[C@H](CNC(=O)c2ccc3ccccc3c2)CCN(CC(c2ccccc2)c2ccccc2)C1=O. The van der Waals surface area contributed by atoms with Gasteiger partial charge in [-0.2, -0.15) is 0 Å². The lowest BCUT2D eigenvalue weighted by atomic mass is 9.90. The second-order valence-corrected chi connectivity index (χ2v) is 9.87. The highest BCUT2D eigenvalue weighted by Gasteiger charge is 2.32. The maximum Gasteiger partial charge on any atom is 0.251 e. The third-order valence-corrected chi connectivity index (χ3v) is 7.36. The number of carbonyl (C=O) groups excluding carboxylic acids is 2. The first-order valence-electron chi connectivity index (χ1n) is 13.2. The molecule has 0 saturated carbocycles. The summed E-state index contributed by atoms with van der Waals surface area (Å²) in [5.74, 6) is -0.0563. The summed E-state index contributed by atoms with van der Waals surface area (Å²) in [6.07, 6.45) is 0.719. The van der Waals surface area contributed by atoms with Crippen LogP contribution in [0.25, 0.3) is 10.8 Å². The average Bonchev–Trinajstić information content (AvgIpc) is 3.13. The Labute approximate surface area is 223 Å². The minimum Gasteiger partial charge on any atom is -0.350 e. The molecule has 1 fully saturated rings. The van der Waals surface area contributed by atoms with E-state index in [0.717, 1.165) is 17.2 Å². The molecule has 1 heterocycles. The van der Waals surface area contributed by atoms with Gasteiger partial charge in [0.1, 0.15) is 0 Å². The average molecular weight is 507 g/mol. The zero-order valence-electron chi connectivity index (χ0n) is 21.4. The standard InChI is InChI=1S/C32H34N4O2/c33-20-30-32(38)36(22-29(24-10-3-1-4-11-24)25-12-5-2-6-13-25)18-17-28(35-30)21-34-31(37)27-16-15-23-9-7-8-14-26(23)19-27/h1-16,19,28-30,35H,17-18,20-22,33H2,(H,34,37)/t28-,30-/m0/s1. The van der Waals surface area contributed by atoms with Crippen LogP contribution in [-0.4, -0.2) is 55.0 Å². The third-order valence-electron chi connectivity index (χ3n) is 7.36. The summed E-state index contributed by atoms with van der Waals surface area (Å²) >= 11 is 0. The predicted octanol–water partition coefficient (Wildman–Crippen LogP) is 3.92. The van der Waals surface area contributed by atoms with E-state index in [0.29, 0.717) is 25.2 Å². The van der Waals surface area contributed by atoms with E-state index in [4.69, 9.17) is 5.73 Å². The number of hydrogen-bond donors (Lipinski definition) is 3. The highest BCUT2D eigenvalue weighted by atomic mass is 16.2. The molecule has 38 heavy (non-hydrogen) atoms. The molecule has 0 aromatic heterocycles. The molecule has 0 radical (unpaired) electrons. The number of carbonyl (C=O) groups is 2. The monoisotopic (exact) mass is 506 g/mol. The lowest BCUT2D eigenvalue weighted by molar-refractivity contribution is -0.132. The van der Waals surface area contributed by atoms with Crippen molar-refractivity contribution in [2.24, 2.45) is 5.73 Å². The fraction of sp³-hybridized carbons (Fsp3) is 0.250. The Morgan fingerprint density at radius 2 is 1.53 bits per heavy atom. The summed E-state index contributed by atoms with van der Waals surface area (Å²) in [7, 11) is 0. The van der Waals surface area contributed by atoms with Gasteiger partial charge in [-0.25, -0.2) is 0 Å². The van der Waals surface area contributed by atoms with E-state index in [1.54, 1.807) is 0 Å². The molecule has 0 aliphatic carbocycles. The summed E-state index contributed by atoms with van der Waals surface area (Å²) in [6.45, 7) is 1.78. The predicted molar refractivity (Wildman–Crippen MR) is 152 cm³/mol. The van der Waals surface area contributed by atoms with Crippen molar-refractivity contribution in [2.75, 3.05) is 26.2 Å². The van der Waals surface area contributed by atoms with E-state index in [1.165, 1.54) is 11.1 Å². The van der Waals surface area contributed by atoms with Gasteiger partial charge < -0.3 is 21.3 Å². The second-order valence-electron chi connectivity index (χ2n) is 9.87. The van der Waals surface area contributed by atoms with Crippen molar-refractivity contribution in [2.45, 2.75) is 24.4 Å². The lowest BCUT2D eigenvalue weighted by Gasteiger charge is -2.29. The minimum absolute atomic E-state index is 0.00715. The van der Waals surface area contributed by atoms with Gasteiger partial charge >= 0.3 is 0 Å². The summed E-state index contributed by atoms with van der Waals surface area (Å²) in [6, 6.07) is 33.8. The van der Waals surface area contributed by atoms with Crippen LogP contribution in [0.3, 0.4) is 0 Å². The van der Waals surface area contributed by atoms with Gasteiger partial charge in [-0.05, 0) is 40.5 Å². The van der Waals surface area contributed by atoms with Gasteiger partial charge in [0, 0.05) is 43.7 Å². The normalized spacial score (nSPS) is 17.9. The highest BCUT2D eigenvalue weighted by Crippen LogP contribution is 2.26. The van der Waals surface area contributed by atoms with Crippen molar-refractivity contribution < 1.29 is 9.59 Å². The number of rotatable bonds is 8. The zero-order chi connectivity index (χ0) is 26.3. The van der Waals surface area contributed by atoms with Gasteiger partial charge in [0.2, 0.25) is 5.91 Å². The van der Waals surface area contributed by atoms with E-state index < -0.39 is 6.04 Å². The van der Waals surface area contributed by atoms with Gasteiger partial charge in [0.25, 0.3) is 5.91 Å². The first-order valence-corrected chi connectivity index (χ1v) is 13.2. The van der Waals surface area contributed by atoms with E-state index in [-0.39, 0.29) is 30.3 Å². The minimum atomic E-state index is -0.493. The molecular weight excluding hydrogens is 472 g/mol. The van der Waals surface area contributed by atoms with Crippen molar-refractivity contribution >= 4 is 22.6 Å². The number of benzene rings is 4. The summed E-state index contributed by atoms with van der Waals surface area (Å²) in [4.78, 5) is 28.3. The van der Waals surface area contributed by atoms with Gasteiger partial charge in [0.05, 0.1) is 6.04 Å². The molecule has 0 spiro atoms. The van der Waals surface area contributed by atoms with Gasteiger partial charge in [-0.1, -0.05) is 91.0 Å². The number of fused-ring (bicyclic) bond motifs is 1. The van der Waals surface area contributed by atoms with Crippen molar-refractivity contribution in [1.82, 2.24) is 15.5 Å². The van der Waals surface area contributed by atoms with Gasteiger partial charge in [-0.3, -0.25) is 9.59 Å². The summed E-state index contributed by atoms with van der Waals surface area (Å²) < 4.78 is 0. The van der Waals surface area contributed by atoms with E-state index >= 15 is 0 Å². The fourth-order valence-corrected chi connectivity index (χ4v) is 5.24. The van der Waals surface area contributed by atoms with E-state index in [9.17, 15) is 9.59 Å². The summed E-state index contributed by atoms with van der Waals surface area (Å²) in [5.41, 5.74) is 9.01. The van der Waals surface area contributed by atoms with Crippen LogP contribution in [0.5, 0.6) is 0 Å². The van der Waals surface area contributed by atoms with Gasteiger partial charge in [0.15, 0.2) is 0 Å². The Morgan fingerprint density at radius 1 is 0.895 bits per heavy atom. The van der Waals surface area contributed by atoms with Crippen molar-refractivity contribution in [1.29, 1.82) is 0 Å². The molecule has 1 saturated heterocycles. The molecule has 0 bridgehead atoms. The van der Waals surface area contributed by atoms with Crippen LogP contribution in [-0.2, 0) is 4.79 Å². The Balaban J connectivity index is 1.27. The van der Waals surface area contributed by atoms with Crippen molar-refractivity contribution in [3.05, 3.63) is 120 Å². The van der Waals surface area contributed by atoms with Crippen LogP contribution in [0.1, 0.15) is 33.8 Å². The third kappa shape index (κ3) is 5.93. The quantitative estimate of drug-likeness (QED) is 0.338. The number of hydrogen-bond acceptors (Lipinski definition) is 4. The number of nitrogens with zero attached hydrogens (tertiary/aromatic N) is 1. The maximum absolute atomic E-state index is 13.5. The zero-order valence-corrected chi connectivity index (χ0v) is 21.4. The molecule has 4 N–H and O–H groups in total. The molecule has 4 aromatic carbocycles. The molecule has 0 unspecified atom stereocenters. The Bertz CT molecular complexity index is 1340. The van der Waals surface area contributed by atoms with Gasteiger partial charge in [-0.15, -0.1) is 0 Å². The van der Waals surface area contributed by atoms with Crippen LogP contribution in [0.4, 0.5) is 0 Å². The fourth-order valence-electron chi connectivity index (χ4n) is 5.24. The molecule has 2 amide bonds. The van der Waals surface area contributed by atoms with Crippen LogP contribution >= 0.6 is 0 Å². The molecule has 1 aliphatic rings. The van der Waals surface area contributed by atoms with Crippen molar-refractivity contribution in [3.8, 4) is 0 Å². The van der Waals surface area contributed by atoms with Crippen LogP contribution in [0, 0.1) is 0 Å². The first kappa shape index (κ1) is 25.6. The number of amides is 2. The molecule has 194 valence electrons. The van der Waals surface area contributed by atoms with E-state index in [1.807, 2.05) is 83.8 Å². The second kappa shape index (κ2) is 12.0. The molecule has 5 rings (SSSR count). The molecule has 6 heteroatoms. The Kier molecular flexibility index (Phi) is 8.12. The van der Waals surface area contributed by atoms with E-state index in [2.05, 4.69) is 34.9 Å². The molecule has 6 nitrogen and oxygen atoms in total. The topological polar surface area (TPSA) is 87.5 Å². The first-order chi connectivity index (χ1) is 18.6. The molecule has 4 aromatic rings. The summed E-state index contributed by atoms with van der Waals surface area (Å²) in [5, 5.41) is 8.59. The maximum atomic E-state index is 13.5. The van der Waals surface area contributed by atoms with Crippen LogP contribution < -0.4 is 16.4 Å². The number of nitrogens with one attached hydrogen (secondary N) is 2. The smallest absolute Gasteiger partial charge is 0.251 e. The molecular formula is C32H34N4O2. The van der Waals surface area contributed by atoms with Crippen LogP contribution in [0.2, 0.25) is 0 Å². The van der Waals surface area contributed by atoms with Crippen molar-refractivity contribution in [3.63, 3.8) is 0 Å². The molecule has 2 atom stereocenters. The number of nitrogens with two attached hydrogens (primary N) is 1. The molecule has 1 aliphatic heterocycles. The lowest BCUT2D eigenvalue weighted by Crippen LogP contribution is -2.52. The highest BCUT2D eigenvalue weighted by molar-refractivity contribution is 5.98. The Hall–Kier alpha value is -4.00.